The molecule has 1 aliphatic rings. The summed E-state index contributed by atoms with van der Waals surface area (Å²) in [5, 5.41) is 9.60. The Bertz CT molecular complexity index is 991. The molecule has 0 saturated carbocycles. The van der Waals surface area contributed by atoms with Gasteiger partial charge in [-0.2, -0.15) is 0 Å². The number of aliphatic hydroxyl groups excluding tert-OH is 1. The summed E-state index contributed by atoms with van der Waals surface area (Å²) in [6, 6.07) is 14.8. The predicted molar refractivity (Wildman–Crippen MR) is 122 cm³/mol. The Kier molecular flexibility index (Phi) is 7.02. The number of aliphatic hydroxyl groups is 1. The zero-order valence-corrected chi connectivity index (χ0v) is 18.4. The van der Waals surface area contributed by atoms with Crippen LogP contribution in [0.4, 0.5) is 0 Å². The zero-order chi connectivity index (χ0) is 21.6. The van der Waals surface area contributed by atoms with Crippen molar-refractivity contribution in [1.82, 2.24) is 24.8 Å². The van der Waals surface area contributed by atoms with Gasteiger partial charge in [0.05, 0.1) is 5.69 Å². The molecule has 1 aliphatic heterocycles. The molecule has 1 unspecified atom stereocenters. The molecule has 0 bridgehead atoms. The molecule has 3 heterocycles. The van der Waals surface area contributed by atoms with Crippen molar-refractivity contribution in [2.45, 2.75) is 39.4 Å². The van der Waals surface area contributed by atoms with Crippen LogP contribution in [0.1, 0.15) is 28.9 Å². The third-order valence-corrected chi connectivity index (χ3v) is 5.85. The Morgan fingerprint density at radius 1 is 1.00 bits per heavy atom. The van der Waals surface area contributed by atoms with E-state index in [4.69, 9.17) is 0 Å². The summed E-state index contributed by atoms with van der Waals surface area (Å²) in [6.45, 7) is 8.82. The second-order valence-electron chi connectivity index (χ2n) is 8.43. The highest BCUT2D eigenvalue weighted by Gasteiger charge is 2.27. The predicted octanol–water partition coefficient (Wildman–Crippen LogP) is 3.22. The van der Waals surface area contributed by atoms with E-state index in [-0.39, 0.29) is 6.61 Å². The molecule has 0 spiro atoms. The van der Waals surface area contributed by atoms with E-state index in [0.717, 1.165) is 67.5 Å². The number of hydrogen-bond donors (Lipinski definition) is 1. The Labute approximate surface area is 184 Å². The van der Waals surface area contributed by atoms with E-state index in [9.17, 15) is 5.11 Å². The van der Waals surface area contributed by atoms with Crippen LogP contribution >= 0.6 is 0 Å². The minimum atomic E-state index is 0.199. The molecule has 6 heteroatoms. The standard InChI is InChI=1S/C25H31N5O/c1-19-5-3-7-22(13-19)25-26-14-21(15-27-25)16-29-10-11-30(24(18-29)9-12-31)17-23-8-4-6-20(2)28-23/h3-8,13-15,24,31H,9-12,16-18H2,1-2H3. The second-order valence-corrected chi connectivity index (χ2v) is 8.43. The third kappa shape index (κ3) is 5.73. The van der Waals surface area contributed by atoms with Crippen molar-refractivity contribution >= 4 is 0 Å². The van der Waals surface area contributed by atoms with Gasteiger partial charge in [0, 0.05) is 74.6 Å². The van der Waals surface area contributed by atoms with Gasteiger partial charge in [-0.1, -0.05) is 29.8 Å². The van der Waals surface area contributed by atoms with Crippen molar-refractivity contribution < 1.29 is 5.11 Å². The summed E-state index contributed by atoms with van der Waals surface area (Å²) in [6.07, 6.45) is 4.65. The number of rotatable bonds is 7. The van der Waals surface area contributed by atoms with Crippen LogP contribution in [0.25, 0.3) is 11.4 Å². The molecule has 3 aromatic rings. The molecule has 6 nitrogen and oxygen atoms in total. The maximum absolute atomic E-state index is 9.60. The number of aryl methyl sites for hydroxylation is 2. The molecule has 1 fully saturated rings. The van der Waals surface area contributed by atoms with E-state index in [1.54, 1.807) is 0 Å². The molecular weight excluding hydrogens is 386 g/mol. The van der Waals surface area contributed by atoms with E-state index in [0.29, 0.717) is 6.04 Å². The van der Waals surface area contributed by atoms with Crippen LogP contribution in [-0.2, 0) is 13.1 Å². The van der Waals surface area contributed by atoms with Gasteiger partial charge in [-0.25, -0.2) is 9.97 Å². The number of hydrogen-bond acceptors (Lipinski definition) is 6. The topological polar surface area (TPSA) is 65.4 Å². The van der Waals surface area contributed by atoms with Gasteiger partial charge in [-0.05, 0) is 38.5 Å². The smallest absolute Gasteiger partial charge is 0.159 e. The third-order valence-electron chi connectivity index (χ3n) is 5.85. The Balaban J connectivity index is 1.38. The quantitative estimate of drug-likeness (QED) is 0.637. The molecule has 1 N–H and O–H groups in total. The number of pyridine rings is 1. The molecule has 1 atom stereocenters. The van der Waals surface area contributed by atoms with Crippen LogP contribution in [0.15, 0.2) is 54.9 Å². The fourth-order valence-corrected chi connectivity index (χ4v) is 4.26. The lowest BCUT2D eigenvalue weighted by Crippen LogP contribution is -2.52. The molecule has 0 aliphatic carbocycles. The van der Waals surface area contributed by atoms with Gasteiger partial charge in [0.2, 0.25) is 0 Å². The van der Waals surface area contributed by atoms with Gasteiger partial charge in [-0.3, -0.25) is 14.8 Å². The van der Waals surface area contributed by atoms with E-state index in [1.165, 1.54) is 5.56 Å². The maximum atomic E-state index is 9.60. The van der Waals surface area contributed by atoms with Crippen LogP contribution in [0.3, 0.4) is 0 Å². The molecule has 1 saturated heterocycles. The van der Waals surface area contributed by atoms with Gasteiger partial charge in [0.15, 0.2) is 5.82 Å². The molecular formula is C25H31N5O. The van der Waals surface area contributed by atoms with Crippen molar-refractivity contribution in [3.8, 4) is 11.4 Å². The fourth-order valence-electron chi connectivity index (χ4n) is 4.26. The Morgan fingerprint density at radius 2 is 1.81 bits per heavy atom. The molecule has 31 heavy (non-hydrogen) atoms. The van der Waals surface area contributed by atoms with E-state index < -0.39 is 0 Å². The average Bonchev–Trinajstić information content (AvgIpc) is 2.76. The van der Waals surface area contributed by atoms with Crippen LogP contribution in [0, 0.1) is 13.8 Å². The van der Waals surface area contributed by atoms with Crippen LogP contribution in [-0.4, -0.2) is 62.1 Å². The average molecular weight is 418 g/mol. The van der Waals surface area contributed by atoms with Gasteiger partial charge >= 0.3 is 0 Å². The summed E-state index contributed by atoms with van der Waals surface area (Å²) < 4.78 is 0. The lowest BCUT2D eigenvalue weighted by atomic mass is 10.1. The van der Waals surface area contributed by atoms with E-state index in [2.05, 4.69) is 55.9 Å². The minimum Gasteiger partial charge on any atom is -0.396 e. The molecule has 1 aromatic carbocycles. The first kappa shape index (κ1) is 21.6. The highest BCUT2D eigenvalue weighted by molar-refractivity contribution is 5.55. The van der Waals surface area contributed by atoms with Crippen molar-refractivity contribution in [2.75, 3.05) is 26.2 Å². The normalized spacial score (nSPS) is 17.7. The highest BCUT2D eigenvalue weighted by atomic mass is 16.3. The molecule has 4 rings (SSSR count). The summed E-state index contributed by atoms with van der Waals surface area (Å²) in [5.41, 5.74) is 5.51. The zero-order valence-electron chi connectivity index (χ0n) is 18.4. The first-order valence-corrected chi connectivity index (χ1v) is 11.0. The fraction of sp³-hybridized carbons (Fsp3) is 0.400. The monoisotopic (exact) mass is 417 g/mol. The maximum Gasteiger partial charge on any atom is 0.159 e. The van der Waals surface area contributed by atoms with E-state index in [1.807, 2.05) is 37.5 Å². The van der Waals surface area contributed by atoms with Gasteiger partial charge < -0.3 is 5.11 Å². The molecule has 0 radical (unpaired) electrons. The Hall–Kier alpha value is -2.67. The van der Waals surface area contributed by atoms with Crippen LogP contribution < -0.4 is 0 Å². The van der Waals surface area contributed by atoms with Gasteiger partial charge in [0.1, 0.15) is 0 Å². The molecule has 2 aromatic heterocycles. The Morgan fingerprint density at radius 3 is 2.55 bits per heavy atom. The van der Waals surface area contributed by atoms with E-state index >= 15 is 0 Å². The van der Waals surface area contributed by atoms with Gasteiger partial charge in [0.25, 0.3) is 0 Å². The number of piperazine rings is 1. The summed E-state index contributed by atoms with van der Waals surface area (Å²) in [4.78, 5) is 18.7. The molecule has 162 valence electrons. The van der Waals surface area contributed by atoms with Crippen molar-refractivity contribution in [3.05, 3.63) is 77.4 Å². The lowest BCUT2D eigenvalue weighted by Gasteiger charge is -2.41. The van der Waals surface area contributed by atoms with Crippen molar-refractivity contribution in [1.29, 1.82) is 0 Å². The first-order chi connectivity index (χ1) is 15.1. The van der Waals surface area contributed by atoms with Crippen LogP contribution in [0.5, 0.6) is 0 Å². The lowest BCUT2D eigenvalue weighted by molar-refractivity contribution is 0.0490. The van der Waals surface area contributed by atoms with Crippen molar-refractivity contribution in [2.24, 2.45) is 0 Å². The first-order valence-electron chi connectivity index (χ1n) is 11.0. The van der Waals surface area contributed by atoms with Crippen LogP contribution in [0.2, 0.25) is 0 Å². The number of aromatic nitrogens is 3. The number of nitrogens with zero attached hydrogens (tertiary/aromatic N) is 5. The van der Waals surface area contributed by atoms with Gasteiger partial charge in [-0.15, -0.1) is 0 Å². The van der Waals surface area contributed by atoms with Crippen molar-refractivity contribution in [3.63, 3.8) is 0 Å². The summed E-state index contributed by atoms with van der Waals surface area (Å²) in [5.74, 6) is 0.765. The minimum absolute atomic E-state index is 0.199. The summed E-state index contributed by atoms with van der Waals surface area (Å²) >= 11 is 0. The second kappa shape index (κ2) is 10.1. The SMILES string of the molecule is Cc1cccc(-c2ncc(CN3CCN(Cc4cccc(C)n4)C(CCO)C3)cn2)c1. The number of benzene rings is 1. The largest absolute Gasteiger partial charge is 0.396 e. The highest BCUT2D eigenvalue weighted by Crippen LogP contribution is 2.19. The molecule has 0 amide bonds. The summed E-state index contributed by atoms with van der Waals surface area (Å²) in [7, 11) is 0.